The molecule has 6 nitrogen and oxygen atoms in total. The highest BCUT2D eigenvalue weighted by molar-refractivity contribution is 5.81. The largest absolute Gasteiger partial charge is 0.497 e. The zero-order valence-corrected chi connectivity index (χ0v) is 16.2. The van der Waals surface area contributed by atoms with Crippen LogP contribution in [0.5, 0.6) is 5.75 Å². The second kappa shape index (κ2) is 9.22. The summed E-state index contributed by atoms with van der Waals surface area (Å²) in [5.41, 5.74) is 7.07. The van der Waals surface area contributed by atoms with E-state index in [1.165, 1.54) is 0 Å². The first-order chi connectivity index (χ1) is 13.1. The molecular weight excluding hydrogens is 342 g/mol. The van der Waals surface area contributed by atoms with Crippen molar-refractivity contribution in [3.63, 3.8) is 0 Å². The van der Waals surface area contributed by atoms with Gasteiger partial charge in [-0.25, -0.2) is 0 Å². The Bertz CT molecular complexity index is 639. The second-order valence-corrected chi connectivity index (χ2v) is 7.79. The summed E-state index contributed by atoms with van der Waals surface area (Å²) in [6, 6.07) is 7.85. The van der Waals surface area contributed by atoms with Gasteiger partial charge in [0, 0.05) is 37.5 Å². The van der Waals surface area contributed by atoms with Crippen LogP contribution < -0.4 is 15.8 Å². The Kier molecular flexibility index (Phi) is 6.72. The van der Waals surface area contributed by atoms with Crippen LogP contribution in [0.15, 0.2) is 24.3 Å². The molecule has 27 heavy (non-hydrogen) atoms. The number of amides is 2. The van der Waals surface area contributed by atoms with Gasteiger partial charge in [0.25, 0.3) is 0 Å². The van der Waals surface area contributed by atoms with Crippen molar-refractivity contribution in [2.75, 3.05) is 20.2 Å². The van der Waals surface area contributed by atoms with Gasteiger partial charge in [-0.15, -0.1) is 0 Å². The lowest BCUT2D eigenvalue weighted by Crippen LogP contribution is -2.46. The van der Waals surface area contributed by atoms with E-state index in [2.05, 4.69) is 5.32 Å². The maximum absolute atomic E-state index is 12.7. The van der Waals surface area contributed by atoms with Gasteiger partial charge in [0.05, 0.1) is 7.11 Å². The van der Waals surface area contributed by atoms with E-state index in [1.54, 1.807) is 7.11 Å². The topological polar surface area (TPSA) is 84.7 Å². The zero-order valence-electron chi connectivity index (χ0n) is 16.2. The lowest BCUT2D eigenvalue weighted by atomic mass is 9.84. The Morgan fingerprint density at radius 2 is 1.81 bits per heavy atom. The fourth-order valence-electron chi connectivity index (χ4n) is 4.15. The number of methoxy groups -OCH3 is 1. The van der Waals surface area contributed by atoms with Crippen LogP contribution in [0.25, 0.3) is 0 Å². The molecule has 1 saturated heterocycles. The Morgan fingerprint density at radius 3 is 2.44 bits per heavy atom. The third-order valence-electron chi connectivity index (χ3n) is 5.87. The van der Waals surface area contributed by atoms with E-state index in [4.69, 9.17) is 10.5 Å². The molecule has 2 aliphatic rings. The van der Waals surface area contributed by atoms with Crippen LogP contribution in [0.1, 0.15) is 44.1 Å². The highest BCUT2D eigenvalue weighted by Crippen LogP contribution is 2.27. The van der Waals surface area contributed by atoms with E-state index >= 15 is 0 Å². The molecule has 1 aliphatic heterocycles. The van der Waals surface area contributed by atoms with Gasteiger partial charge in [-0.1, -0.05) is 18.6 Å². The lowest BCUT2D eigenvalue weighted by Gasteiger charge is -2.35. The van der Waals surface area contributed by atoms with Gasteiger partial charge in [-0.2, -0.15) is 0 Å². The van der Waals surface area contributed by atoms with Gasteiger partial charge in [0.1, 0.15) is 5.75 Å². The molecule has 2 amide bonds. The lowest BCUT2D eigenvalue weighted by molar-refractivity contribution is -0.140. The van der Waals surface area contributed by atoms with Crippen LogP contribution in [0.2, 0.25) is 0 Å². The maximum Gasteiger partial charge on any atom is 0.225 e. The van der Waals surface area contributed by atoms with Crippen molar-refractivity contribution in [3.05, 3.63) is 29.8 Å². The number of ether oxygens (including phenoxy) is 1. The van der Waals surface area contributed by atoms with Crippen molar-refractivity contribution in [3.8, 4) is 5.75 Å². The normalized spacial score (nSPS) is 23.7. The van der Waals surface area contributed by atoms with Crippen molar-refractivity contribution < 1.29 is 14.3 Å². The van der Waals surface area contributed by atoms with E-state index in [0.717, 1.165) is 49.8 Å². The fraction of sp³-hybridized carbons (Fsp3) is 0.619. The average molecular weight is 373 g/mol. The summed E-state index contributed by atoms with van der Waals surface area (Å²) in [6.07, 6.45) is 5.30. The van der Waals surface area contributed by atoms with Gasteiger partial charge < -0.3 is 20.7 Å². The average Bonchev–Trinajstić information content (AvgIpc) is 2.72. The number of hydrogen-bond acceptors (Lipinski definition) is 4. The summed E-state index contributed by atoms with van der Waals surface area (Å²) in [5, 5.41) is 3.02. The predicted molar refractivity (Wildman–Crippen MR) is 104 cm³/mol. The monoisotopic (exact) mass is 373 g/mol. The molecule has 1 aliphatic carbocycles. The minimum absolute atomic E-state index is 0.0130. The molecule has 0 aromatic heterocycles. The Balaban J connectivity index is 1.42. The first-order valence-electron chi connectivity index (χ1n) is 10.0. The summed E-state index contributed by atoms with van der Waals surface area (Å²) in [6.45, 7) is 1.86. The van der Waals surface area contributed by atoms with E-state index in [-0.39, 0.29) is 29.7 Å². The second-order valence-electron chi connectivity index (χ2n) is 7.79. The third kappa shape index (κ3) is 5.22. The highest BCUT2D eigenvalue weighted by Gasteiger charge is 2.32. The highest BCUT2D eigenvalue weighted by atomic mass is 16.5. The van der Waals surface area contributed by atoms with Crippen molar-refractivity contribution >= 4 is 11.8 Å². The van der Waals surface area contributed by atoms with Gasteiger partial charge in [0.2, 0.25) is 11.8 Å². The molecule has 3 rings (SSSR count). The molecule has 0 radical (unpaired) electrons. The number of nitrogens with zero attached hydrogens (tertiary/aromatic N) is 1. The van der Waals surface area contributed by atoms with Crippen molar-refractivity contribution in [1.29, 1.82) is 0 Å². The van der Waals surface area contributed by atoms with Crippen molar-refractivity contribution in [2.45, 2.75) is 51.1 Å². The number of rotatable bonds is 5. The van der Waals surface area contributed by atoms with E-state index in [0.29, 0.717) is 19.6 Å². The minimum atomic E-state index is -0.0130. The van der Waals surface area contributed by atoms with Crippen LogP contribution in [0.4, 0.5) is 0 Å². The van der Waals surface area contributed by atoms with Gasteiger partial charge in [-0.05, 0) is 49.8 Å². The number of carbonyl (C=O) groups excluding carboxylic acids is 2. The molecule has 2 fully saturated rings. The standard InChI is InChI=1S/C21H31N3O3/c1-27-19-7-5-15(6-8-19)14-23-20(25)16-9-11-24(12-10-16)21(26)17-3-2-4-18(22)13-17/h5-8,16-18H,2-4,9-14,22H2,1H3,(H,23,25). The molecule has 0 spiro atoms. The number of piperidine rings is 1. The Morgan fingerprint density at radius 1 is 1.11 bits per heavy atom. The molecule has 1 aromatic rings. The van der Waals surface area contributed by atoms with Crippen LogP contribution in [-0.4, -0.2) is 43.0 Å². The van der Waals surface area contributed by atoms with Crippen LogP contribution >= 0.6 is 0 Å². The number of carbonyl (C=O) groups is 2. The predicted octanol–water partition coefficient (Wildman–Crippen LogP) is 2.07. The zero-order chi connectivity index (χ0) is 19.2. The molecule has 2 atom stereocenters. The maximum atomic E-state index is 12.7. The third-order valence-corrected chi connectivity index (χ3v) is 5.87. The first-order valence-corrected chi connectivity index (χ1v) is 10.0. The van der Waals surface area contributed by atoms with E-state index in [1.807, 2.05) is 29.2 Å². The Labute approximate surface area is 161 Å². The Hall–Kier alpha value is -2.08. The number of nitrogens with two attached hydrogens (primary N) is 1. The molecule has 2 unspecified atom stereocenters. The first kappa shape index (κ1) is 19.7. The quantitative estimate of drug-likeness (QED) is 0.827. The molecule has 3 N–H and O–H groups in total. The molecule has 6 heteroatoms. The number of benzene rings is 1. The molecule has 1 heterocycles. The fourth-order valence-corrected chi connectivity index (χ4v) is 4.15. The molecule has 1 saturated carbocycles. The summed E-state index contributed by atoms with van der Waals surface area (Å²) < 4.78 is 5.14. The number of nitrogens with one attached hydrogen (secondary N) is 1. The van der Waals surface area contributed by atoms with Crippen LogP contribution in [-0.2, 0) is 16.1 Å². The molecule has 1 aromatic carbocycles. The number of hydrogen-bond donors (Lipinski definition) is 2. The summed E-state index contributed by atoms with van der Waals surface area (Å²) in [5.74, 6) is 1.19. The van der Waals surface area contributed by atoms with Gasteiger partial charge in [-0.3, -0.25) is 9.59 Å². The smallest absolute Gasteiger partial charge is 0.225 e. The summed E-state index contributed by atoms with van der Waals surface area (Å²) in [4.78, 5) is 27.1. The van der Waals surface area contributed by atoms with Gasteiger partial charge >= 0.3 is 0 Å². The SMILES string of the molecule is COc1ccc(CNC(=O)C2CCN(C(=O)C3CCCC(N)C3)CC2)cc1. The van der Waals surface area contributed by atoms with E-state index in [9.17, 15) is 9.59 Å². The summed E-state index contributed by atoms with van der Waals surface area (Å²) >= 11 is 0. The van der Waals surface area contributed by atoms with Crippen LogP contribution in [0, 0.1) is 11.8 Å². The molecular formula is C21H31N3O3. The minimum Gasteiger partial charge on any atom is -0.497 e. The van der Waals surface area contributed by atoms with E-state index < -0.39 is 0 Å². The molecule has 0 bridgehead atoms. The van der Waals surface area contributed by atoms with Crippen molar-refractivity contribution in [2.24, 2.45) is 17.6 Å². The van der Waals surface area contributed by atoms with Gasteiger partial charge in [0.15, 0.2) is 0 Å². The molecule has 148 valence electrons. The van der Waals surface area contributed by atoms with Crippen molar-refractivity contribution in [1.82, 2.24) is 10.2 Å². The number of likely N-dealkylation sites (tertiary alicyclic amines) is 1. The summed E-state index contributed by atoms with van der Waals surface area (Å²) in [7, 11) is 1.64. The van der Waals surface area contributed by atoms with Crippen LogP contribution in [0.3, 0.4) is 0 Å².